The van der Waals surface area contributed by atoms with E-state index in [0.717, 1.165) is 45.4 Å². The first-order valence-electron chi connectivity index (χ1n) is 7.21. The molecule has 0 N–H and O–H groups in total. The summed E-state index contributed by atoms with van der Waals surface area (Å²) in [6, 6.07) is 2.27. The van der Waals surface area contributed by atoms with Crippen LogP contribution in [-0.2, 0) is 9.53 Å². The van der Waals surface area contributed by atoms with E-state index in [1.54, 1.807) is 6.20 Å². The van der Waals surface area contributed by atoms with Gasteiger partial charge in [-0.05, 0) is 31.7 Å². The van der Waals surface area contributed by atoms with Gasteiger partial charge in [-0.2, -0.15) is 5.10 Å². The highest BCUT2D eigenvalue weighted by atomic mass is 16.5. The fraction of sp³-hybridized carbons (Fsp3) is 0.714. The van der Waals surface area contributed by atoms with Crippen LogP contribution in [0.4, 0.5) is 0 Å². The molecular formula is C14H21N3O2. The molecule has 1 aromatic rings. The number of likely N-dealkylation sites (tertiary alicyclic amines) is 1. The van der Waals surface area contributed by atoms with Gasteiger partial charge in [-0.1, -0.05) is 0 Å². The monoisotopic (exact) mass is 263 g/mol. The Morgan fingerprint density at radius 2 is 2.32 bits per heavy atom. The van der Waals surface area contributed by atoms with Crippen molar-refractivity contribution in [3.05, 3.63) is 18.5 Å². The Kier molecular flexibility index (Phi) is 3.82. The minimum atomic E-state index is 0.151. The quantitative estimate of drug-likeness (QED) is 0.832. The summed E-state index contributed by atoms with van der Waals surface area (Å²) in [5, 5.41) is 4.29. The number of nitrogens with zero attached hydrogens (tertiary/aromatic N) is 3. The molecule has 3 rings (SSSR count). The highest BCUT2D eigenvalue weighted by molar-refractivity contribution is 5.76. The van der Waals surface area contributed by atoms with E-state index in [9.17, 15) is 4.79 Å². The second-order valence-corrected chi connectivity index (χ2v) is 5.46. The van der Waals surface area contributed by atoms with Crippen LogP contribution in [0.25, 0.3) is 0 Å². The molecule has 0 saturated carbocycles. The van der Waals surface area contributed by atoms with Gasteiger partial charge in [-0.3, -0.25) is 9.48 Å². The number of amides is 1. The van der Waals surface area contributed by atoms with E-state index in [1.165, 1.54) is 0 Å². The average Bonchev–Trinajstić information content (AvgIpc) is 3.12. The van der Waals surface area contributed by atoms with Crippen LogP contribution in [0.2, 0.25) is 0 Å². The predicted octanol–water partition coefficient (Wildman–Crippen LogP) is 1.62. The van der Waals surface area contributed by atoms with Gasteiger partial charge < -0.3 is 9.64 Å². The Labute approximate surface area is 113 Å². The van der Waals surface area contributed by atoms with E-state index in [0.29, 0.717) is 12.5 Å². The van der Waals surface area contributed by atoms with Gasteiger partial charge in [0.2, 0.25) is 5.91 Å². The van der Waals surface area contributed by atoms with Crippen molar-refractivity contribution in [1.82, 2.24) is 14.7 Å². The third-order valence-corrected chi connectivity index (χ3v) is 4.07. The minimum absolute atomic E-state index is 0.151. The lowest BCUT2D eigenvalue weighted by Gasteiger charge is -2.33. The van der Waals surface area contributed by atoms with Crippen LogP contribution in [0.15, 0.2) is 18.5 Å². The lowest BCUT2D eigenvalue weighted by Crippen LogP contribution is -2.41. The van der Waals surface area contributed by atoms with Crippen LogP contribution >= 0.6 is 0 Å². The van der Waals surface area contributed by atoms with E-state index in [1.807, 2.05) is 21.8 Å². The van der Waals surface area contributed by atoms with Gasteiger partial charge in [-0.25, -0.2) is 0 Å². The van der Waals surface area contributed by atoms with Crippen LogP contribution in [0.5, 0.6) is 0 Å². The molecule has 2 atom stereocenters. The van der Waals surface area contributed by atoms with E-state index in [-0.39, 0.29) is 12.0 Å². The van der Waals surface area contributed by atoms with Crippen molar-refractivity contribution < 1.29 is 9.53 Å². The second-order valence-electron chi connectivity index (χ2n) is 5.46. The summed E-state index contributed by atoms with van der Waals surface area (Å²) in [4.78, 5) is 14.3. The number of ether oxygens (including phenoxy) is 1. The third-order valence-electron chi connectivity index (χ3n) is 4.07. The molecule has 19 heavy (non-hydrogen) atoms. The van der Waals surface area contributed by atoms with Crippen molar-refractivity contribution in [3.8, 4) is 0 Å². The van der Waals surface area contributed by atoms with Gasteiger partial charge in [0.15, 0.2) is 0 Å². The molecule has 1 amide bonds. The van der Waals surface area contributed by atoms with E-state index in [4.69, 9.17) is 4.74 Å². The highest BCUT2D eigenvalue weighted by Crippen LogP contribution is 2.23. The summed E-state index contributed by atoms with van der Waals surface area (Å²) >= 11 is 0. The van der Waals surface area contributed by atoms with Crippen molar-refractivity contribution in [2.75, 3.05) is 19.7 Å². The molecule has 2 aliphatic rings. The molecule has 0 aliphatic carbocycles. The molecule has 0 radical (unpaired) electrons. The Hall–Kier alpha value is -1.36. The van der Waals surface area contributed by atoms with Crippen LogP contribution in [0, 0.1) is 0 Å². The molecule has 0 spiro atoms. The molecule has 3 heterocycles. The maximum absolute atomic E-state index is 12.3. The van der Waals surface area contributed by atoms with Gasteiger partial charge in [0.25, 0.3) is 0 Å². The standard InChI is InChI=1S/C14H21N3O2/c18-14(10-13-5-2-9-19-13)16-7-1-4-12(11-16)17-8-3-6-15-17/h3,6,8,12-13H,1-2,4-5,7,9-11H2/t12-,13+/m1/s1. The summed E-state index contributed by atoms with van der Waals surface area (Å²) in [6.45, 7) is 2.48. The topological polar surface area (TPSA) is 47.4 Å². The summed E-state index contributed by atoms with van der Waals surface area (Å²) in [7, 11) is 0. The number of rotatable bonds is 3. The molecular weight excluding hydrogens is 242 g/mol. The summed E-state index contributed by atoms with van der Waals surface area (Å²) in [6.07, 6.45) is 8.76. The van der Waals surface area contributed by atoms with Gasteiger partial charge in [0, 0.05) is 32.1 Å². The SMILES string of the molecule is O=C(C[C@@H]1CCCO1)N1CCC[C@@H](n2cccn2)C1. The first-order chi connectivity index (χ1) is 9.33. The number of carbonyl (C=O) groups is 1. The molecule has 1 aromatic heterocycles. The minimum Gasteiger partial charge on any atom is -0.378 e. The number of hydrogen-bond acceptors (Lipinski definition) is 3. The largest absolute Gasteiger partial charge is 0.378 e. The first-order valence-corrected chi connectivity index (χ1v) is 7.21. The second kappa shape index (κ2) is 5.74. The van der Waals surface area contributed by atoms with Crippen LogP contribution in [-0.4, -0.2) is 46.4 Å². The van der Waals surface area contributed by atoms with Gasteiger partial charge in [0.1, 0.15) is 0 Å². The Bertz CT molecular complexity index is 412. The molecule has 2 fully saturated rings. The predicted molar refractivity (Wildman–Crippen MR) is 70.7 cm³/mol. The maximum atomic E-state index is 12.3. The van der Waals surface area contributed by atoms with Gasteiger partial charge in [0.05, 0.1) is 18.6 Å². The number of carbonyl (C=O) groups excluding carboxylic acids is 1. The van der Waals surface area contributed by atoms with Crippen molar-refractivity contribution in [2.24, 2.45) is 0 Å². The number of hydrogen-bond donors (Lipinski definition) is 0. The third kappa shape index (κ3) is 2.97. The fourth-order valence-electron chi connectivity index (χ4n) is 3.02. The maximum Gasteiger partial charge on any atom is 0.225 e. The summed E-state index contributed by atoms with van der Waals surface area (Å²) in [5.41, 5.74) is 0. The van der Waals surface area contributed by atoms with Crippen LogP contribution in [0.3, 0.4) is 0 Å². The van der Waals surface area contributed by atoms with Crippen LogP contribution < -0.4 is 0 Å². The molecule has 0 aromatic carbocycles. The van der Waals surface area contributed by atoms with Crippen molar-refractivity contribution in [2.45, 2.75) is 44.2 Å². The fourth-order valence-corrected chi connectivity index (χ4v) is 3.02. The number of piperidine rings is 1. The summed E-state index contributed by atoms with van der Waals surface area (Å²) < 4.78 is 7.53. The van der Waals surface area contributed by atoms with Crippen molar-refractivity contribution in [3.63, 3.8) is 0 Å². The van der Waals surface area contributed by atoms with Gasteiger partial charge in [-0.15, -0.1) is 0 Å². The summed E-state index contributed by atoms with van der Waals surface area (Å²) in [5.74, 6) is 0.240. The average molecular weight is 263 g/mol. The Morgan fingerprint density at radius 3 is 3.05 bits per heavy atom. The zero-order valence-corrected chi connectivity index (χ0v) is 11.2. The van der Waals surface area contributed by atoms with Crippen LogP contribution in [0.1, 0.15) is 38.1 Å². The normalized spacial score (nSPS) is 27.7. The lowest BCUT2D eigenvalue weighted by atomic mass is 10.0. The molecule has 2 saturated heterocycles. The molecule has 104 valence electrons. The molecule has 0 bridgehead atoms. The van der Waals surface area contributed by atoms with Crippen molar-refractivity contribution in [1.29, 1.82) is 0 Å². The van der Waals surface area contributed by atoms with E-state index >= 15 is 0 Å². The molecule has 5 heteroatoms. The lowest BCUT2D eigenvalue weighted by molar-refractivity contribution is -0.135. The highest BCUT2D eigenvalue weighted by Gasteiger charge is 2.27. The molecule has 2 aliphatic heterocycles. The van der Waals surface area contributed by atoms with Gasteiger partial charge >= 0.3 is 0 Å². The van der Waals surface area contributed by atoms with Crippen molar-refractivity contribution >= 4 is 5.91 Å². The zero-order chi connectivity index (χ0) is 13.1. The smallest absolute Gasteiger partial charge is 0.225 e. The molecule has 0 unspecified atom stereocenters. The first kappa shape index (κ1) is 12.7. The van der Waals surface area contributed by atoms with E-state index < -0.39 is 0 Å². The zero-order valence-electron chi connectivity index (χ0n) is 11.2. The Balaban J connectivity index is 1.56. The van der Waals surface area contributed by atoms with E-state index in [2.05, 4.69) is 5.10 Å². The molecule has 5 nitrogen and oxygen atoms in total. The Morgan fingerprint density at radius 1 is 1.37 bits per heavy atom. The number of aromatic nitrogens is 2.